The second-order valence-corrected chi connectivity index (χ2v) is 6.34. The summed E-state index contributed by atoms with van der Waals surface area (Å²) in [4.78, 5) is 16.7. The first kappa shape index (κ1) is 17.8. The second-order valence-electron chi connectivity index (χ2n) is 6.34. The van der Waals surface area contributed by atoms with E-state index >= 15 is 0 Å². The molecule has 0 fully saturated rings. The third-order valence-corrected chi connectivity index (χ3v) is 3.74. The zero-order chi connectivity index (χ0) is 18.5. The molecule has 0 aliphatic heterocycles. The van der Waals surface area contributed by atoms with Crippen LogP contribution in [0.3, 0.4) is 0 Å². The average Bonchev–Trinajstić information content (AvgIpc) is 3.07. The van der Waals surface area contributed by atoms with Crippen LogP contribution >= 0.6 is 0 Å². The number of imidazole rings is 1. The highest BCUT2D eigenvalue weighted by Gasteiger charge is 2.14. The van der Waals surface area contributed by atoms with Gasteiger partial charge in [0.1, 0.15) is 12.3 Å². The Bertz CT molecular complexity index is 869. The summed E-state index contributed by atoms with van der Waals surface area (Å²) in [5.74, 6) is 1.08. The maximum Gasteiger partial charge on any atom is 0.338 e. The van der Waals surface area contributed by atoms with Gasteiger partial charge in [0.25, 0.3) is 0 Å². The van der Waals surface area contributed by atoms with E-state index in [1.54, 1.807) is 25.3 Å². The normalized spacial score (nSPS) is 10.9. The molecule has 0 unspecified atom stereocenters. The molecule has 0 aliphatic carbocycles. The lowest BCUT2D eigenvalue weighted by molar-refractivity contribution is 0.0468. The lowest BCUT2D eigenvalue weighted by Crippen LogP contribution is -2.08. The number of carbonyl (C=O) groups is 1. The molecule has 0 aliphatic rings. The van der Waals surface area contributed by atoms with Gasteiger partial charge in [0.15, 0.2) is 11.5 Å². The van der Waals surface area contributed by atoms with Crippen molar-refractivity contribution in [3.05, 3.63) is 60.0 Å². The van der Waals surface area contributed by atoms with Gasteiger partial charge in [-0.05, 0) is 36.2 Å². The van der Waals surface area contributed by atoms with Crippen molar-refractivity contribution < 1.29 is 19.0 Å². The van der Waals surface area contributed by atoms with E-state index in [1.165, 1.54) is 0 Å². The molecule has 0 saturated carbocycles. The topological polar surface area (TPSA) is 62.1 Å². The molecule has 0 atom stereocenters. The highest BCUT2D eigenvalue weighted by atomic mass is 16.5. The summed E-state index contributed by atoms with van der Waals surface area (Å²) >= 11 is 0. The predicted molar refractivity (Wildman–Crippen MR) is 97.6 cm³/mol. The van der Waals surface area contributed by atoms with Crippen molar-refractivity contribution in [1.29, 1.82) is 0 Å². The monoisotopic (exact) mass is 354 g/mol. The maximum atomic E-state index is 12.3. The summed E-state index contributed by atoms with van der Waals surface area (Å²) in [6.07, 6.45) is 3.74. The molecule has 3 aromatic rings. The van der Waals surface area contributed by atoms with Gasteiger partial charge in [0.2, 0.25) is 0 Å². The molecule has 2 aromatic heterocycles. The highest BCUT2D eigenvalue weighted by molar-refractivity contribution is 5.90. The standard InChI is InChI=1S/C20H22N2O4/c1-14(2)12-25-17-8-7-15(10-18(17)24-3)20(23)26-13-16-11-22-9-5-4-6-19(22)21-16/h4-11,14H,12-13H2,1-3H3. The number of carbonyl (C=O) groups excluding carboxylic acids is 1. The van der Waals surface area contributed by atoms with E-state index in [1.807, 2.05) is 35.0 Å². The Morgan fingerprint density at radius 2 is 2.04 bits per heavy atom. The number of methoxy groups -OCH3 is 1. The summed E-state index contributed by atoms with van der Waals surface area (Å²) in [5, 5.41) is 0. The minimum Gasteiger partial charge on any atom is -0.493 e. The van der Waals surface area contributed by atoms with E-state index in [2.05, 4.69) is 18.8 Å². The van der Waals surface area contributed by atoms with Crippen LogP contribution in [0.5, 0.6) is 11.5 Å². The van der Waals surface area contributed by atoms with Gasteiger partial charge in [-0.1, -0.05) is 19.9 Å². The largest absolute Gasteiger partial charge is 0.493 e. The minimum atomic E-state index is -0.434. The molecular formula is C20H22N2O4. The van der Waals surface area contributed by atoms with Crippen LogP contribution in [0.2, 0.25) is 0 Å². The predicted octanol–water partition coefficient (Wildman–Crippen LogP) is 3.73. The number of pyridine rings is 1. The number of ether oxygens (including phenoxy) is 3. The Balaban J connectivity index is 1.67. The SMILES string of the molecule is COc1cc(C(=O)OCc2cn3ccccc3n2)ccc1OCC(C)C. The van der Waals surface area contributed by atoms with Gasteiger partial charge in [0, 0.05) is 12.4 Å². The number of nitrogens with zero attached hydrogens (tertiary/aromatic N) is 2. The van der Waals surface area contributed by atoms with Gasteiger partial charge in [-0.3, -0.25) is 0 Å². The molecule has 0 spiro atoms. The fourth-order valence-electron chi connectivity index (χ4n) is 2.45. The zero-order valence-electron chi connectivity index (χ0n) is 15.1. The summed E-state index contributed by atoms with van der Waals surface area (Å²) in [5.41, 5.74) is 1.91. The molecule has 0 radical (unpaired) electrons. The number of aromatic nitrogens is 2. The Kier molecular flexibility index (Phi) is 5.41. The molecule has 1 aromatic carbocycles. The third kappa shape index (κ3) is 4.14. The Morgan fingerprint density at radius 3 is 2.77 bits per heavy atom. The quantitative estimate of drug-likeness (QED) is 0.605. The fraction of sp³-hybridized carbons (Fsp3) is 0.300. The van der Waals surface area contributed by atoms with E-state index in [0.29, 0.717) is 35.3 Å². The number of rotatable bonds is 7. The van der Waals surface area contributed by atoms with Crippen LogP contribution in [0.4, 0.5) is 0 Å². The van der Waals surface area contributed by atoms with E-state index in [0.717, 1.165) is 5.65 Å². The summed E-state index contributed by atoms with van der Waals surface area (Å²) in [6, 6.07) is 10.7. The molecule has 0 N–H and O–H groups in total. The molecule has 136 valence electrons. The van der Waals surface area contributed by atoms with Crippen LogP contribution in [0.15, 0.2) is 48.8 Å². The molecule has 26 heavy (non-hydrogen) atoms. The lowest BCUT2D eigenvalue weighted by Gasteiger charge is -2.13. The van der Waals surface area contributed by atoms with Gasteiger partial charge in [-0.2, -0.15) is 0 Å². The number of fused-ring (bicyclic) bond motifs is 1. The smallest absolute Gasteiger partial charge is 0.338 e. The van der Waals surface area contributed by atoms with Crippen LogP contribution in [-0.2, 0) is 11.3 Å². The van der Waals surface area contributed by atoms with Gasteiger partial charge in [0.05, 0.1) is 25.0 Å². The Labute approximate surface area is 152 Å². The molecule has 2 heterocycles. The first-order valence-electron chi connectivity index (χ1n) is 8.47. The molecule has 0 bridgehead atoms. The van der Waals surface area contributed by atoms with Crippen molar-refractivity contribution in [2.75, 3.05) is 13.7 Å². The zero-order valence-corrected chi connectivity index (χ0v) is 15.1. The fourth-order valence-corrected chi connectivity index (χ4v) is 2.45. The molecule has 6 heteroatoms. The minimum absolute atomic E-state index is 0.106. The van der Waals surface area contributed by atoms with E-state index < -0.39 is 5.97 Å². The van der Waals surface area contributed by atoms with Crippen molar-refractivity contribution >= 4 is 11.6 Å². The first-order valence-corrected chi connectivity index (χ1v) is 8.47. The van der Waals surface area contributed by atoms with Gasteiger partial charge in [-0.15, -0.1) is 0 Å². The van der Waals surface area contributed by atoms with Gasteiger partial charge < -0.3 is 18.6 Å². The van der Waals surface area contributed by atoms with E-state index in [-0.39, 0.29) is 6.61 Å². The number of hydrogen-bond donors (Lipinski definition) is 0. The molecule has 6 nitrogen and oxygen atoms in total. The Morgan fingerprint density at radius 1 is 1.19 bits per heavy atom. The molecule has 0 saturated heterocycles. The van der Waals surface area contributed by atoms with Crippen molar-refractivity contribution in [2.24, 2.45) is 5.92 Å². The van der Waals surface area contributed by atoms with Crippen molar-refractivity contribution in [3.8, 4) is 11.5 Å². The molecule has 3 rings (SSSR count). The van der Waals surface area contributed by atoms with Crippen LogP contribution < -0.4 is 9.47 Å². The summed E-state index contributed by atoms with van der Waals surface area (Å²) < 4.78 is 18.3. The first-order chi connectivity index (χ1) is 12.6. The summed E-state index contributed by atoms with van der Waals surface area (Å²) in [6.45, 7) is 4.82. The van der Waals surface area contributed by atoms with E-state index in [9.17, 15) is 4.79 Å². The van der Waals surface area contributed by atoms with Crippen LogP contribution in [-0.4, -0.2) is 29.1 Å². The van der Waals surface area contributed by atoms with Crippen LogP contribution in [0, 0.1) is 5.92 Å². The van der Waals surface area contributed by atoms with Crippen LogP contribution in [0.25, 0.3) is 5.65 Å². The number of esters is 1. The van der Waals surface area contributed by atoms with Crippen LogP contribution in [0.1, 0.15) is 29.9 Å². The van der Waals surface area contributed by atoms with Crippen molar-refractivity contribution in [1.82, 2.24) is 9.38 Å². The molecule has 0 amide bonds. The highest BCUT2D eigenvalue weighted by Crippen LogP contribution is 2.28. The molecular weight excluding hydrogens is 332 g/mol. The summed E-state index contributed by atoms with van der Waals surface area (Å²) in [7, 11) is 1.54. The van der Waals surface area contributed by atoms with Gasteiger partial charge in [-0.25, -0.2) is 9.78 Å². The number of benzene rings is 1. The van der Waals surface area contributed by atoms with Gasteiger partial charge >= 0.3 is 5.97 Å². The second kappa shape index (κ2) is 7.91. The van der Waals surface area contributed by atoms with Crippen molar-refractivity contribution in [3.63, 3.8) is 0 Å². The third-order valence-electron chi connectivity index (χ3n) is 3.74. The average molecular weight is 354 g/mol. The van der Waals surface area contributed by atoms with Crippen molar-refractivity contribution in [2.45, 2.75) is 20.5 Å². The lowest BCUT2D eigenvalue weighted by atomic mass is 10.2. The van der Waals surface area contributed by atoms with E-state index in [4.69, 9.17) is 14.2 Å². The Hall–Kier alpha value is -3.02. The number of hydrogen-bond acceptors (Lipinski definition) is 5. The maximum absolute atomic E-state index is 12.3.